The Morgan fingerprint density at radius 2 is 2.30 bits per heavy atom. The van der Waals surface area contributed by atoms with Gasteiger partial charge >= 0.3 is 0 Å². The first kappa shape index (κ1) is 14.5. The lowest BCUT2D eigenvalue weighted by molar-refractivity contribution is 0.191. The molecule has 7 heteroatoms. The van der Waals surface area contributed by atoms with Gasteiger partial charge in [0.15, 0.2) is 5.84 Å². The summed E-state index contributed by atoms with van der Waals surface area (Å²) in [5.41, 5.74) is 6.85. The van der Waals surface area contributed by atoms with Crippen LogP contribution in [-0.4, -0.2) is 65.4 Å². The number of aliphatic hydroxyl groups excluding tert-OH is 1. The zero-order chi connectivity index (χ0) is 14.7. The molecule has 1 aromatic heterocycles. The van der Waals surface area contributed by atoms with Gasteiger partial charge in [-0.15, -0.1) is 0 Å². The number of β-amino-alcohol motifs (C(OH)–C–C–N with tert-alkyl or cyclic N) is 1. The van der Waals surface area contributed by atoms with E-state index in [0.29, 0.717) is 12.2 Å². The van der Waals surface area contributed by atoms with E-state index >= 15 is 0 Å². The number of hydrogen-bond donors (Lipinski definition) is 3. The highest BCUT2D eigenvalue weighted by atomic mass is 16.4. The van der Waals surface area contributed by atoms with Gasteiger partial charge in [0.2, 0.25) is 0 Å². The zero-order valence-corrected chi connectivity index (χ0v) is 11.8. The number of pyridine rings is 1. The molecule has 0 aliphatic carbocycles. The highest BCUT2D eigenvalue weighted by Crippen LogP contribution is 2.25. The van der Waals surface area contributed by atoms with E-state index in [-0.39, 0.29) is 18.0 Å². The van der Waals surface area contributed by atoms with E-state index in [4.69, 9.17) is 10.9 Å². The molecule has 0 saturated carbocycles. The predicted molar refractivity (Wildman–Crippen MR) is 77.1 cm³/mol. The smallest absolute Gasteiger partial charge is 0.188 e. The summed E-state index contributed by atoms with van der Waals surface area (Å²) < 4.78 is 0. The van der Waals surface area contributed by atoms with Gasteiger partial charge in [-0.2, -0.15) is 0 Å². The summed E-state index contributed by atoms with van der Waals surface area (Å²) in [7, 11) is 4.03. The quantitative estimate of drug-likeness (QED) is 0.302. The number of likely N-dealkylation sites (N-methyl/N-ethyl adjacent to an activating group) is 1. The largest absolute Gasteiger partial charge is 0.409 e. The number of nitrogens with two attached hydrogens (primary N) is 1. The minimum Gasteiger partial charge on any atom is -0.409 e. The molecule has 1 fully saturated rings. The summed E-state index contributed by atoms with van der Waals surface area (Å²) in [6.45, 7) is 1.47. The molecule has 20 heavy (non-hydrogen) atoms. The van der Waals surface area contributed by atoms with Crippen LogP contribution in [0.15, 0.2) is 23.5 Å². The van der Waals surface area contributed by atoms with Crippen LogP contribution in [0.25, 0.3) is 0 Å². The van der Waals surface area contributed by atoms with Gasteiger partial charge in [0, 0.05) is 19.1 Å². The van der Waals surface area contributed by atoms with Crippen molar-refractivity contribution in [3.8, 4) is 0 Å². The van der Waals surface area contributed by atoms with E-state index in [1.165, 1.54) is 0 Å². The van der Waals surface area contributed by atoms with Crippen molar-refractivity contribution >= 4 is 11.5 Å². The van der Waals surface area contributed by atoms with Crippen molar-refractivity contribution in [2.45, 2.75) is 18.6 Å². The lowest BCUT2D eigenvalue weighted by atomic mass is 10.2. The van der Waals surface area contributed by atoms with Crippen molar-refractivity contribution in [1.82, 2.24) is 9.88 Å². The minimum absolute atomic E-state index is 0.0113. The molecule has 2 atom stereocenters. The molecule has 110 valence electrons. The molecule has 0 radical (unpaired) electrons. The van der Waals surface area contributed by atoms with Crippen molar-refractivity contribution < 1.29 is 10.3 Å². The number of rotatable bonds is 4. The third-order valence-corrected chi connectivity index (χ3v) is 3.42. The topological polar surface area (TPSA) is 98.2 Å². The minimum atomic E-state index is -0.316. The fraction of sp³-hybridized carbons (Fsp3) is 0.538. The zero-order valence-electron chi connectivity index (χ0n) is 11.8. The average Bonchev–Trinajstić information content (AvgIpc) is 2.78. The van der Waals surface area contributed by atoms with Crippen LogP contribution in [0.4, 0.5) is 5.69 Å². The summed E-state index contributed by atoms with van der Waals surface area (Å²) >= 11 is 0. The maximum absolute atomic E-state index is 9.87. The second-order valence-corrected chi connectivity index (χ2v) is 5.34. The molecule has 0 bridgehead atoms. The van der Waals surface area contributed by atoms with E-state index in [2.05, 4.69) is 19.9 Å². The number of hydrogen-bond acceptors (Lipinski definition) is 6. The molecular formula is C13H21N5O2. The number of oxime groups is 1. The Bertz CT molecular complexity index is 474. The Balaban J connectivity index is 2.17. The van der Waals surface area contributed by atoms with E-state index in [0.717, 1.165) is 18.7 Å². The monoisotopic (exact) mass is 279 g/mol. The lowest BCUT2D eigenvalue weighted by Gasteiger charge is -2.28. The van der Waals surface area contributed by atoms with Gasteiger partial charge in [-0.05, 0) is 32.6 Å². The molecule has 0 amide bonds. The van der Waals surface area contributed by atoms with Gasteiger partial charge in [0.05, 0.1) is 18.0 Å². The normalized spacial score (nSPS) is 23.6. The highest BCUT2D eigenvalue weighted by molar-refractivity contribution is 5.95. The summed E-state index contributed by atoms with van der Waals surface area (Å²) in [6, 6.07) is 3.85. The average molecular weight is 279 g/mol. The van der Waals surface area contributed by atoms with Gasteiger partial charge in [0.25, 0.3) is 0 Å². The first-order valence-corrected chi connectivity index (χ1v) is 6.54. The summed E-state index contributed by atoms with van der Waals surface area (Å²) in [5.74, 6) is -0.0113. The van der Waals surface area contributed by atoms with E-state index < -0.39 is 0 Å². The molecule has 1 aliphatic rings. The maximum Gasteiger partial charge on any atom is 0.188 e. The Morgan fingerprint density at radius 1 is 1.55 bits per heavy atom. The van der Waals surface area contributed by atoms with Crippen LogP contribution in [0.3, 0.4) is 0 Å². The van der Waals surface area contributed by atoms with E-state index in [9.17, 15) is 5.11 Å². The third-order valence-electron chi connectivity index (χ3n) is 3.42. The first-order valence-electron chi connectivity index (χ1n) is 6.54. The third kappa shape index (κ3) is 3.17. The molecular weight excluding hydrogens is 258 g/mol. The van der Waals surface area contributed by atoms with Gasteiger partial charge in [0.1, 0.15) is 5.69 Å². The number of nitrogens with zero attached hydrogens (tertiary/aromatic N) is 4. The second-order valence-electron chi connectivity index (χ2n) is 5.34. The van der Waals surface area contributed by atoms with Crippen LogP contribution in [0.2, 0.25) is 0 Å². The number of aromatic nitrogens is 1. The van der Waals surface area contributed by atoms with Gasteiger partial charge in [-0.25, -0.2) is 0 Å². The molecule has 2 heterocycles. The van der Waals surface area contributed by atoms with Crippen LogP contribution < -0.4 is 10.6 Å². The molecule has 1 aliphatic heterocycles. The van der Waals surface area contributed by atoms with Crippen molar-refractivity contribution in [1.29, 1.82) is 0 Å². The molecule has 1 aromatic rings. The number of anilines is 1. The molecule has 0 aromatic carbocycles. The van der Waals surface area contributed by atoms with Crippen molar-refractivity contribution in [3.63, 3.8) is 0 Å². The van der Waals surface area contributed by atoms with E-state index in [1.54, 1.807) is 12.3 Å². The Hall–Kier alpha value is -1.86. The first-order chi connectivity index (χ1) is 9.51. The Morgan fingerprint density at radius 3 is 2.85 bits per heavy atom. The Labute approximate surface area is 118 Å². The summed E-state index contributed by atoms with van der Waals surface area (Å²) in [5, 5.41) is 21.4. The molecule has 7 nitrogen and oxygen atoms in total. The fourth-order valence-corrected chi connectivity index (χ4v) is 2.56. The molecule has 2 unspecified atom stereocenters. The molecule has 1 saturated heterocycles. The van der Waals surface area contributed by atoms with Crippen LogP contribution >= 0.6 is 0 Å². The second kappa shape index (κ2) is 6.06. The number of amidine groups is 1. The van der Waals surface area contributed by atoms with Crippen LogP contribution in [0.1, 0.15) is 12.1 Å². The molecule has 4 N–H and O–H groups in total. The number of aliphatic hydroxyl groups is 1. The standard InChI is InChI=1S/C13H21N5O2/c1-17(2)7-10-5-11(19)8-18(10)9-3-4-12(15-6-9)13(14)16-20/h3-4,6,10-11,19-20H,5,7-8H2,1-2H3,(H2,14,16). The Kier molecular flexibility index (Phi) is 4.41. The van der Waals surface area contributed by atoms with Crippen LogP contribution in [0.5, 0.6) is 0 Å². The molecule has 0 spiro atoms. The lowest BCUT2D eigenvalue weighted by Crippen LogP contribution is -2.37. The van der Waals surface area contributed by atoms with Gasteiger partial charge in [-0.1, -0.05) is 5.16 Å². The van der Waals surface area contributed by atoms with Crippen molar-refractivity contribution in [2.24, 2.45) is 10.9 Å². The van der Waals surface area contributed by atoms with Crippen LogP contribution in [0, 0.1) is 0 Å². The maximum atomic E-state index is 9.87. The van der Waals surface area contributed by atoms with Crippen molar-refractivity contribution in [3.05, 3.63) is 24.0 Å². The fourth-order valence-electron chi connectivity index (χ4n) is 2.56. The van der Waals surface area contributed by atoms with Crippen molar-refractivity contribution in [2.75, 3.05) is 32.1 Å². The van der Waals surface area contributed by atoms with Gasteiger partial charge < -0.3 is 25.8 Å². The van der Waals surface area contributed by atoms with Crippen LogP contribution in [-0.2, 0) is 0 Å². The summed E-state index contributed by atoms with van der Waals surface area (Å²) in [4.78, 5) is 8.43. The molecule has 2 rings (SSSR count). The SMILES string of the molecule is CN(C)CC1CC(O)CN1c1ccc(/C(N)=N/O)nc1. The predicted octanol–water partition coefficient (Wildman–Crippen LogP) is -0.323. The van der Waals surface area contributed by atoms with Gasteiger partial charge in [-0.3, -0.25) is 4.98 Å². The highest BCUT2D eigenvalue weighted by Gasteiger charge is 2.31. The summed E-state index contributed by atoms with van der Waals surface area (Å²) in [6.07, 6.45) is 2.12. The van der Waals surface area contributed by atoms with E-state index in [1.807, 2.05) is 20.2 Å².